The van der Waals surface area contributed by atoms with Crippen LogP contribution in [0.1, 0.15) is 44.0 Å². The lowest BCUT2D eigenvalue weighted by Crippen LogP contribution is -2.33. The molecule has 1 unspecified atom stereocenters. The molecule has 2 aromatic rings. The third kappa shape index (κ3) is 7.27. The first kappa shape index (κ1) is 25.8. The standard InChI is InChI=1S/C25H32N4O.C3H4/c1-4-11-21(30)14-10-16-26-20-15-17-29(18-20)25-24(23(6-3)27-28-25)22(5-2)19-12-8-7-9-13-19;1-3-2/h4-5,7-14,20,26,30H,1,6,15-18H2,2-3H3,(H,27,28);1H,2H3/b14-10-,21-11+,22-5-;. The van der Waals surface area contributed by atoms with Crippen molar-refractivity contribution >= 4 is 11.4 Å². The minimum Gasteiger partial charge on any atom is -0.508 e. The van der Waals surface area contributed by atoms with E-state index in [1.807, 2.05) is 12.1 Å². The number of H-pyrrole nitrogens is 1. The number of hydrogen-bond donors (Lipinski definition) is 3. The van der Waals surface area contributed by atoms with Crippen molar-refractivity contribution in [2.75, 3.05) is 24.5 Å². The largest absolute Gasteiger partial charge is 0.508 e. The number of aryl methyl sites for hydroxylation is 1. The second kappa shape index (κ2) is 13.8. The molecule has 5 nitrogen and oxygen atoms in total. The van der Waals surface area contributed by atoms with Gasteiger partial charge in [0, 0.05) is 36.9 Å². The van der Waals surface area contributed by atoms with Crippen molar-refractivity contribution in [1.82, 2.24) is 15.5 Å². The van der Waals surface area contributed by atoms with E-state index < -0.39 is 0 Å². The maximum Gasteiger partial charge on any atom is 0.158 e. The number of anilines is 1. The lowest BCUT2D eigenvalue weighted by molar-refractivity contribution is 0.432. The molecule has 3 rings (SSSR count). The fourth-order valence-corrected chi connectivity index (χ4v) is 3.92. The third-order valence-electron chi connectivity index (χ3n) is 5.41. The Balaban J connectivity index is 0.00000122. The zero-order valence-corrected chi connectivity index (χ0v) is 20.0. The quantitative estimate of drug-likeness (QED) is 0.275. The molecule has 1 aromatic heterocycles. The van der Waals surface area contributed by atoms with E-state index in [0.29, 0.717) is 12.6 Å². The Labute approximate surface area is 198 Å². The van der Waals surface area contributed by atoms with Crippen LogP contribution in [0.15, 0.2) is 73.1 Å². The molecule has 1 aromatic carbocycles. The summed E-state index contributed by atoms with van der Waals surface area (Å²) >= 11 is 0. The molecule has 0 radical (unpaired) electrons. The predicted octanol–water partition coefficient (Wildman–Crippen LogP) is 5.42. The van der Waals surface area contributed by atoms with E-state index >= 15 is 0 Å². The van der Waals surface area contributed by atoms with Crippen molar-refractivity contribution in [2.24, 2.45) is 0 Å². The molecule has 1 aliphatic rings. The van der Waals surface area contributed by atoms with Crippen LogP contribution >= 0.6 is 0 Å². The van der Waals surface area contributed by atoms with Gasteiger partial charge in [-0.15, -0.1) is 12.3 Å². The fraction of sp³-hybridized carbons (Fsp3) is 0.321. The Morgan fingerprint density at radius 3 is 2.76 bits per heavy atom. The van der Waals surface area contributed by atoms with Crippen LogP contribution in [0.2, 0.25) is 0 Å². The minimum atomic E-state index is 0.216. The van der Waals surface area contributed by atoms with E-state index in [4.69, 9.17) is 5.10 Å². The Bertz CT molecular complexity index is 1010. The molecule has 5 heteroatoms. The molecule has 3 N–H and O–H groups in total. The van der Waals surface area contributed by atoms with Crippen LogP contribution in [0.4, 0.5) is 5.82 Å². The highest BCUT2D eigenvalue weighted by Gasteiger charge is 2.28. The van der Waals surface area contributed by atoms with Crippen LogP contribution in [0.5, 0.6) is 0 Å². The van der Waals surface area contributed by atoms with Crippen LogP contribution in [-0.4, -0.2) is 41.0 Å². The molecule has 1 atom stereocenters. The first-order valence-corrected chi connectivity index (χ1v) is 11.4. The number of aliphatic hydroxyl groups is 1. The van der Waals surface area contributed by atoms with E-state index in [0.717, 1.165) is 31.7 Å². The van der Waals surface area contributed by atoms with E-state index in [9.17, 15) is 5.11 Å². The van der Waals surface area contributed by atoms with Crippen molar-refractivity contribution in [3.8, 4) is 12.3 Å². The number of terminal acetylenes is 1. The Kier molecular flexibility index (Phi) is 10.8. The zero-order valence-electron chi connectivity index (χ0n) is 20.0. The van der Waals surface area contributed by atoms with Gasteiger partial charge in [-0.3, -0.25) is 5.10 Å². The summed E-state index contributed by atoms with van der Waals surface area (Å²) in [6.45, 7) is 12.1. The van der Waals surface area contributed by atoms with Gasteiger partial charge >= 0.3 is 0 Å². The van der Waals surface area contributed by atoms with Gasteiger partial charge in [-0.25, -0.2) is 0 Å². The number of benzene rings is 1. The molecule has 174 valence electrons. The topological polar surface area (TPSA) is 64.2 Å². The first-order valence-electron chi connectivity index (χ1n) is 11.4. The summed E-state index contributed by atoms with van der Waals surface area (Å²) in [5.74, 6) is 3.50. The monoisotopic (exact) mass is 444 g/mol. The summed E-state index contributed by atoms with van der Waals surface area (Å²) in [6, 6.07) is 10.9. The molecule has 1 aliphatic heterocycles. The number of nitrogens with zero attached hydrogens (tertiary/aromatic N) is 2. The highest BCUT2D eigenvalue weighted by molar-refractivity contribution is 5.86. The van der Waals surface area contributed by atoms with Gasteiger partial charge in [0.25, 0.3) is 0 Å². The van der Waals surface area contributed by atoms with Gasteiger partial charge in [0.2, 0.25) is 0 Å². The van der Waals surface area contributed by atoms with Gasteiger partial charge in [-0.05, 0) is 50.0 Å². The number of hydrogen-bond acceptors (Lipinski definition) is 4. The number of aromatic nitrogens is 2. The molecule has 0 spiro atoms. The van der Waals surface area contributed by atoms with Gasteiger partial charge in [0.1, 0.15) is 5.76 Å². The van der Waals surface area contributed by atoms with Crippen molar-refractivity contribution in [3.05, 3.63) is 89.9 Å². The second-order valence-electron chi connectivity index (χ2n) is 7.68. The smallest absolute Gasteiger partial charge is 0.158 e. The normalized spacial score (nSPS) is 16.4. The van der Waals surface area contributed by atoms with Gasteiger partial charge < -0.3 is 15.3 Å². The highest BCUT2D eigenvalue weighted by Crippen LogP contribution is 2.34. The van der Waals surface area contributed by atoms with Crippen LogP contribution in [0, 0.1) is 12.3 Å². The number of nitrogens with one attached hydrogen (secondary N) is 2. The number of aliphatic hydroxyl groups excluding tert-OH is 1. The Morgan fingerprint density at radius 2 is 2.12 bits per heavy atom. The summed E-state index contributed by atoms with van der Waals surface area (Å²) < 4.78 is 0. The minimum absolute atomic E-state index is 0.216. The summed E-state index contributed by atoms with van der Waals surface area (Å²) in [7, 11) is 0. The molecule has 0 amide bonds. The zero-order chi connectivity index (χ0) is 24.1. The van der Waals surface area contributed by atoms with Crippen molar-refractivity contribution in [1.29, 1.82) is 0 Å². The van der Waals surface area contributed by atoms with Crippen LogP contribution in [0.25, 0.3) is 5.57 Å². The summed E-state index contributed by atoms with van der Waals surface area (Å²) in [5.41, 5.74) is 4.82. The Morgan fingerprint density at radius 1 is 1.39 bits per heavy atom. The van der Waals surface area contributed by atoms with Gasteiger partial charge in [0.15, 0.2) is 5.82 Å². The van der Waals surface area contributed by atoms with Crippen molar-refractivity contribution < 1.29 is 5.11 Å². The van der Waals surface area contributed by atoms with Crippen LogP contribution in [0.3, 0.4) is 0 Å². The van der Waals surface area contributed by atoms with E-state index in [1.54, 1.807) is 25.2 Å². The van der Waals surface area contributed by atoms with Gasteiger partial charge in [0.05, 0.1) is 0 Å². The molecule has 33 heavy (non-hydrogen) atoms. The van der Waals surface area contributed by atoms with Crippen LogP contribution < -0.4 is 10.2 Å². The van der Waals surface area contributed by atoms with E-state index in [-0.39, 0.29) is 5.76 Å². The lowest BCUT2D eigenvalue weighted by Gasteiger charge is -2.19. The molecular weight excluding hydrogens is 408 g/mol. The van der Waals surface area contributed by atoms with E-state index in [2.05, 4.69) is 78.4 Å². The average Bonchev–Trinajstić information content (AvgIpc) is 3.46. The fourth-order valence-electron chi connectivity index (χ4n) is 3.92. The predicted molar refractivity (Wildman–Crippen MR) is 140 cm³/mol. The third-order valence-corrected chi connectivity index (χ3v) is 5.41. The van der Waals surface area contributed by atoms with E-state index in [1.165, 1.54) is 22.4 Å². The summed E-state index contributed by atoms with van der Waals surface area (Å²) in [6.07, 6.45) is 15.5. The molecule has 1 fully saturated rings. The lowest BCUT2D eigenvalue weighted by atomic mass is 9.96. The van der Waals surface area contributed by atoms with Crippen LogP contribution in [-0.2, 0) is 6.42 Å². The maximum atomic E-state index is 9.61. The molecule has 0 saturated carbocycles. The summed E-state index contributed by atoms with van der Waals surface area (Å²) in [5, 5.41) is 21.1. The first-order chi connectivity index (χ1) is 16.1. The van der Waals surface area contributed by atoms with Gasteiger partial charge in [-0.2, -0.15) is 5.10 Å². The molecule has 2 heterocycles. The number of aromatic amines is 1. The number of rotatable bonds is 9. The maximum absolute atomic E-state index is 9.61. The van der Waals surface area contributed by atoms with Crippen molar-refractivity contribution in [3.63, 3.8) is 0 Å². The van der Waals surface area contributed by atoms with Gasteiger partial charge in [-0.1, -0.05) is 62.1 Å². The average molecular weight is 445 g/mol. The molecular formula is C28H36N4O. The molecule has 0 aliphatic carbocycles. The highest BCUT2D eigenvalue weighted by atomic mass is 16.3. The SMILES string of the molecule is C#CC.C=C/C=C(O)\C=C/CNC1CCN(c2n[nH]c(CC)c2/C(=C\C)c2ccccc2)C1. The number of allylic oxidation sites excluding steroid dienone is 4. The molecule has 0 bridgehead atoms. The molecule has 1 saturated heterocycles. The second-order valence-corrected chi connectivity index (χ2v) is 7.68. The summed E-state index contributed by atoms with van der Waals surface area (Å²) in [4.78, 5) is 2.37. The Hall–Kier alpha value is -3.49. The van der Waals surface area contributed by atoms with Crippen molar-refractivity contribution in [2.45, 2.75) is 39.7 Å².